The van der Waals surface area contributed by atoms with E-state index in [1.54, 1.807) is 0 Å². The zero-order valence-electron chi connectivity index (χ0n) is 11.8. The normalized spacial score (nSPS) is 26.8. The predicted molar refractivity (Wildman–Crippen MR) is 70.3 cm³/mol. The van der Waals surface area contributed by atoms with Crippen LogP contribution in [0.1, 0.15) is 44.3 Å². The average Bonchev–Trinajstić information content (AvgIpc) is 2.88. The van der Waals surface area contributed by atoms with Crippen LogP contribution in [-0.4, -0.2) is 27.8 Å². The fourth-order valence-electron chi connectivity index (χ4n) is 2.97. The molecule has 118 valence electrons. The number of aromatic nitrogens is 2. The van der Waals surface area contributed by atoms with Gasteiger partial charge in [-0.25, -0.2) is 0 Å². The van der Waals surface area contributed by atoms with Crippen molar-refractivity contribution >= 4 is 5.91 Å². The second-order valence-electron chi connectivity index (χ2n) is 5.41. The maximum atomic E-state index is 12.6. The number of nitrogens with two attached hydrogens (primary N) is 1. The molecule has 1 aromatic heterocycles. The smallest absolute Gasteiger partial charge is 0.368 e. The molecule has 1 heterocycles. The molecule has 1 fully saturated rings. The second-order valence-corrected chi connectivity index (χ2v) is 5.41. The lowest BCUT2D eigenvalue weighted by Gasteiger charge is -2.39. The van der Waals surface area contributed by atoms with Gasteiger partial charge in [-0.2, -0.15) is 18.3 Å². The number of primary amides is 1. The van der Waals surface area contributed by atoms with Gasteiger partial charge in [0.1, 0.15) is 0 Å². The lowest BCUT2D eigenvalue weighted by Crippen LogP contribution is -2.58. The molecule has 0 bridgehead atoms. The third-order valence-corrected chi connectivity index (χ3v) is 3.98. The van der Waals surface area contributed by atoms with Gasteiger partial charge in [-0.15, -0.1) is 0 Å². The molecule has 0 aliphatic heterocycles. The molecule has 1 amide bonds. The molecule has 5 nitrogen and oxygen atoms in total. The van der Waals surface area contributed by atoms with E-state index in [2.05, 4.69) is 10.4 Å². The maximum Gasteiger partial charge on any atom is 0.435 e. The third-order valence-electron chi connectivity index (χ3n) is 3.98. The van der Waals surface area contributed by atoms with Crippen LogP contribution in [0.3, 0.4) is 0 Å². The van der Waals surface area contributed by atoms with Gasteiger partial charge >= 0.3 is 6.18 Å². The van der Waals surface area contributed by atoms with E-state index in [0.29, 0.717) is 32.2 Å². The molecule has 21 heavy (non-hydrogen) atoms. The van der Waals surface area contributed by atoms with Crippen molar-refractivity contribution in [2.24, 2.45) is 5.73 Å². The summed E-state index contributed by atoms with van der Waals surface area (Å²) in [5.74, 6) is -0.461. The molecule has 2 unspecified atom stereocenters. The summed E-state index contributed by atoms with van der Waals surface area (Å²) < 4.78 is 39.1. The zero-order valence-corrected chi connectivity index (χ0v) is 11.8. The Kier molecular flexibility index (Phi) is 4.27. The van der Waals surface area contributed by atoms with Gasteiger partial charge in [0.15, 0.2) is 5.69 Å². The van der Waals surface area contributed by atoms with Crippen LogP contribution in [0.2, 0.25) is 0 Å². The summed E-state index contributed by atoms with van der Waals surface area (Å²) in [6.07, 6.45) is -0.796. The van der Waals surface area contributed by atoms with Crippen molar-refractivity contribution in [3.8, 4) is 0 Å². The first-order chi connectivity index (χ1) is 9.78. The molecule has 1 aliphatic rings. The number of likely N-dealkylation sites (N-methyl/N-ethyl adjacent to an activating group) is 1. The highest BCUT2D eigenvalue weighted by molar-refractivity contribution is 5.84. The highest BCUT2D eigenvalue weighted by atomic mass is 19.4. The van der Waals surface area contributed by atoms with Gasteiger partial charge in [-0.1, -0.05) is 6.92 Å². The SMILES string of the molecule is CCNC1(C(N)=O)CCCC(n2ccc(C(F)(F)F)n2)C1. The number of rotatable bonds is 4. The average molecular weight is 304 g/mol. The van der Waals surface area contributed by atoms with E-state index in [0.717, 1.165) is 6.07 Å². The van der Waals surface area contributed by atoms with E-state index >= 15 is 0 Å². The van der Waals surface area contributed by atoms with Crippen LogP contribution in [0.15, 0.2) is 12.3 Å². The number of alkyl halides is 3. The van der Waals surface area contributed by atoms with E-state index in [1.807, 2.05) is 6.92 Å². The lowest BCUT2D eigenvalue weighted by molar-refractivity contribution is -0.141. The number of hydrogen-bond acceptors (Lipinski definition) is 3. The molecular formula is C13H19F3N4O. The van der Waals surface area contributed by atoms with Crippen molar-refractivity contribution < 1.29 is 18.0 Å². The quantitative estimate of drug-likeness (QED) is 0.891. The molecule has 1 saturated carbocycles. The first-order valence-corrected chi connectivity index (χ1v) is 6.96. The number of nitrogens with zero attached hydrogens (tertiary/aromatic N) is 2. The Hall–Kier alpha value is -1.57. The summed E-state index contributed by atoms with van der Waals surface area (Å²) in [4.78, 5) is 11.8. The molecule has 8 heteroatoms. The molecule has 2 atom stereocenters. The Morgan fingerprint density at radius 2 is 2.33 bits per heavy atom. The Labute approximate surface area is 120 Å². The van der Waals surface area contributed by atoms with E-state index in [9.17, 15) is 18.0 Å². The van der Waals surface area contributed by atoms with Gasteiger partial charge in [0.2, 0.25) is 5.91 Å². The fraction of sp³-hybridized carbons (Fsp3) is 0.692. The summed E-state index contributed by atoms with van der Waals surface area (Å²) in [6.45, 7) is 2.44. The summed E-state index contributed by atoms with van der Waals surface area (Å²) in [5, 5.41) is 6.70. The van der Waals surface area contributed by atoms with Gasteiger partial charge in [-0.05, 0) is 38.3 Å². The Morgan fingerprint density at radius 1 is 1.62 bits per heavy atom. The van der Waals surface area contributed by atoms with E-state index < -0.39 is 23.3 Å². The monoisotopic (exact) mass is 304 g/mol. The first kappa shape index (κ1) is 15.8. The van der Waals surface area contributed by atoms with Crippen LogP contribution in [0.4, 0.5) is 13.2 Å². The minimum absolute atomic E-state index is 0.263. The molecule has 0 radical (unpaired) electrons. The zero-order chi connectivity index (χ0) is 15.7. The lowest BCUT2D eigenvalue weighted by atomic mass is 9.78. The van der Waals surface area contributed by atoms with Gasteiger partial charge in [0, 0.05) is 6.20 Å². The highest BCUT2D eigenvalue weighted by Gasteiger charge is 2.42. The van der Waals surface area contributed by atoms with Crippen molar-refractivity contribution in [2.45, 2.75) is 50.4 Å². The van der Waals surface area contributed by atoms with Crippen LogP contribution < -0.4 is 11.1 Å². The predicted octanol–water partition coefficient (Wildman–Crippen LogP) is 1.85. The summed E-state index contributed by atoms with van der Waals surface area (Å²) in [7, 11) is 0. The van der Waals surface area contributed by atoms with Crippen molar-refractivity contribution in [3.05, 3.63) is 18.0 Å². The fourth-order valence-corrected chi connectivity index (χ4v) is 2.97. The topological polar surface area (TPSA) is 72.9 Å². The van der Waals surface area contributed by atoms with E-state index in [4.69, 9.17) is 5.73 Å². The van der Waals surface area contributed by atoms with Crippen LogP contribution in [0, 0.1) is 0 Å². The van der Waals surface area contributed by atoms with Gasteiger partial charge in [0.25, 0.3) is 0 Å². The van der Waals surface area contributed by atoms with Gasteiger partial charge in [0.05, 0.1) is 11.6 Å². The number of hydrogen-bond donors (Lipinski definition) is 2. The maximum absolute atomic E-state index is 12.6. The number of carbonyl (C=O) groups excluding carboxylic acids is 1. The molecule has 0 spiro atoms. The third kappa shape index (κ3) is 3.20. The molecule has 3 N–H and O–H groups in total. The van der Waals surface area contributed by atoms with E-state index in [1.165, 1.54) is 10.9 Å². The van der Waals surface area contributed by atoms with Gasteiger partial charge < -0.3 is 11.1 Å². The molecule has 2 rings (SSSR count). The minimum Gasteiger partial charge on any atom is -0.368 e. The minimum atomic E-state index is -4.46. The first-order valence-electron chi connectivity index (χ1n) is 6.96. The standard InChI is InChI=1S/C13H19F3N4O/c1-2-18-12(11(17)21)6-3-4-9(8-12)20-7-5-10(19-20)13(14,15)16/h5,7,9,18H,2-4,6,8H2,1H3,(H2,17,21). The van der Waals surface area contributed by atoms with Crippen molar-refractivity contribution in [1.82, 2.24) is 15.1 Å². The largest absolute Gasteiger partial charge is 0.435 e. The number of amides is 1. The Balaban J connectivity index is 2.21. The number of halogens is 3. The van der Waals surface area contributed by atoms with Crippen LogP contribution in [0.25, 0.3) is 0 Å². The molecule has 0 aromatic carbocycles. The van der Waals surface area contributed by atoms with Crippen LogP contribution >= 0.6 is 0 Å². The number of carbonyl (C=O) groups is 1. The van der Waals surface area contributed by atoms with Crippen molar-refractivity contribution in [3.63, 3.8) is 0 Å². The van der Waals surface area contributed by atoms with Crippen LogP contribution in [0.5, 0.6) is 0 Å². The molecule has 1 aliphatic carbocycles. The second kappa shape index (κ2) is 5.67. The highest BCUT2D eigenvalue weighted by Crippen LogP contribution is 2.36. The van der Waals surface area contributed by atoms with E-state index in [-0.39, 0.29) is 6.04 Å². The Morgan fingerprint density at radius 3 is 2.86 bits per heavy atom. The summed E-state index contributed by atoms with van der Waals surface area (Å²) >= 11 is 0. The molecular weight excluding hydrogens is 285 g/mol. The molecule has 1 aromatic rings. The summed E-state index contributed by atoms with van der Waals surface area (Å²) in [5.41, 5.74) is 3.72. The molecule has 0 saturated heterocycles. The van der Waals surface area contributed by atoms with Crippen molar-refractivity contribution in [1.29, 1.82) is 0 Å². The summed E-state index contributed by atoms with van der Waals surface area (Å²) in [6, 6.07) is 0.690. The van der Waals surface area contributed by atoms with Crippen molar-refractivity contribution in [2.75, 3.05) is 6.54 Å². The Bertz CT molecular complexity index is 510. The van der Waals surface area contributed by atoms with Gasteiger partial charge in [-0.3, -0.25) is 9.48 Å². The van der Waals surface area contributed by atoms with Crippen LogP contribution in [-0.2, 0) is 11.0 Å². The number of nitrogens with one attached hydrogen (secondary N) is 1.